The second-order valence-electron chi connectivity index (χ2n) is 3.91. The molecular weight excluding hydrogens is 181 g/mol. The Bertz CT molecular complexity index is 323. The number of nitrogens with two attached hydrogens (primary N) is 1. The van der Waals surface area contributed by atoms with Crippen LogP contribution < -0.4 is 10.5 Å². The smallest absolute Gasteiger partial charge is 0.168 e. The number of ether oxygens (including phenoxy) is 1. The van der Waals surface area contributed by atoms with Gasteiger partial charge < -0.3 is 10.5 Å². The standard InChI is InChI=1S/C11H16FNO/c1-11(2,7-13)8-5-4-6-9(14-3)10(8)12/h4-6H,7,13H2,1-3H3. The minimum atomic E-state index is -0.362. The Balaban J connectivity index is 3.22. The minimum Gasteiger partial charge on any atom is -0.494 e. The lowest BCUT2D eigenvalue weighted by molar-refractivity contribution is 0.376. The zero-order valence-electron chi connectivity index (χ0n) is 8.80. The molecule has 0 saturated heterocycles. The van der Waals surface area contributed by atoms with Crippen molar-refractivity contribution < 1.29 is 9.13 Å². The van der Waals surface area contributed by atoms with Gasteiger partial charge >= 0.3 is 0 Å². The Hall–Kier alpha value is -1.09. The van der Waals surface area contributed by atoms with Crippen LogP contribution in [0, 0.1) is 5.82 Å². The van der Waals surface area contributed by atoms with Crippen molar-refractivity contribution in [3.05, 3.63) is 29.6 Å². The first-order valence-electron chi connectivity index (χ1n) is 4.56. The van der Waals surface area contributed by atoms with Crippen LogP contribution in [0.2, 0.25) is 0 Å². The fourth-order valence-electron chi connectivity index (χ4n) is 1.30. The number of rotatable bonds is 3. The molecule has 2 nitrogen and oxygen atoms in total. The highest BCUT2D eigenvalue weighted by atomic mass is 19.1. The van der Waals surface area contributed by atoms with E-state index in [4.69, 9.17) is 10.5 Å². The van der Waals surface area contributed by atoms with Crippen LogP contribution in [-0.2, 0) is 5.41 Å². The fraction of sp³-hybridized carbons (Fsp3) is 0.455. The van der Waals surface area contributed by atoms with Crippen molar-refractivity contribution in [1.29, 1.82) is 0 Å². The summed E-state index contributed by atoms with van der Waals surface area (Å²) < 4.78 is 18.7. The number of benzene rings is 1. The van der Waals surface area contributed by atoms with E-state index in [0.717, 1.165) is 0 Å². The molecule has 3 heteroatoms. The van der Waals surface area contributed by atoms with Crippen molar-refractivity contribution in [2.45, 2.75) is 19.3 Å². The van der Waals surface area contributed by atoms with E-state index in [1.54, 1.807) is 18.2 Å². The highest BCUT2D eigenvalue weighted by Crippen LogP contribution is 2.29. The summed E-state index contributed by atoms with van der Waals surface area (Å²) >= 11 is 0. The molecular formula is C11H16FNO. The molecule has 0 aliphatic rings. The van der Waals surface area contributed by atoms with Crippen molar-refractivity contribution >= 4 is 0 Å². The second-order valence-corrected chi connectivity index (χ2v) is 3.91. The van der Waals surface area contributed by atoms with Crippen molar-refractivity contribution in [3.8, 4) is 5.75 Å². The quantitative estimate of drug-likeness (QED) is 0.805. The predicted octanol–water partition coefficient (Wildman–Crippen LogP) is 2.07. The zero-order valence-corrected chi connectivity index (χ0v) is 8.80. The van der Waals surface area contributed by atoms with Gasteiger partial charge in [0.25, 0.3) is 0 Å². The molecule has 1 rings (SSSR count). The summed E-state index contributed by atoms with van der Waals surface area (Å²) in [5.41, 5.74) is 5.83. The summed E-state index contributed by atoms with van der Waals surface area (Å²) in [4.78, 5) is 0. The molecule has 1 aromatic rings. The van der Waals surface area contributed by atoms with Gasteiger partial charge in [-0.15, -0.1) is 0 Å². The van der Waals surface area contributed by atoms with Gasteiger partial charge in [0.1, 0.15) is 0 Å². The largest absolute Gasteiger partial charge is 0.494 e. The van der Waals surface area contributed by atoms with Gasteiger partial charge in [0.15, 0.2) is 11.6 Å². The van der Waals surface area contributed by atoms with Crippen LogP contribution in [-0.4, -0.2) is 13.7 Å². The highest BCUT2D eigenvalue weighted by molar-refractivity contribution is 5.35. The second kappa shape index (κ2) is 3.96. The van der Waals surface area contributed by atoms with Crippen molar-refractivity contribution in [1.82, 2.24) is 0 Å². The minimum absolute atomic E-state index is 0.268. The Morgan fingerprint density at radius 1 is 1.43 bits per heavy atom. The molecule has 0 unspecified atom stereocenters. The molecule has 0 aromatic heterocycles. The maximum Gasteiger partial charge on any atom is 0.168 e. The van der Waals surface area contributed by atoms with E-state index in [1.165, 1.54) is 7.11 Å². The molecule has 0 bridgehead atoms. The maximum atomic E-state index is 13.8. The molecule has 0 heterocycles. The lowest BCUT2D eigenvalue weighted by Crippen LogP contribution is -2.29. The Labute approximate surface area is 83.9 Å². The SMILES string of the molecule is COc1cccc(C(C)(C)CN)c1F. The van der Waals surface area contributed by atoms with Gasteiger partial charge in [0, 0.05) is 12.0 Å². The summed E-state index contributed by atoms with van der Waals surface area (Å²) in [5, 5.41) is 0. The number of hydrogen-bond donors (Lipinski definition) is 1. The molecule has 0 radical (unpaired) electrons. The molecule has 14 heavy (non-hydrogen) atoms. The molecule has 0 atom stereocenters. The van der Waals surface area contributed by atoms with Gasteiger partial charge in [-0.3, -0.25) is 0 Å². The molecule has 0 amide bonds. The lowest BCUT2D eigenvalue weighted by atomic mass is 9.84. The van der Waals surface area contributed by atoms with Crippen LogP contribution in [0.4, 0.5) is 4.39 Å². The molecule has 0 aliphatic heterocycles. The average Bonchev–Trinajstić information content (AvgIpc) is 2.18. The van der Waals surface area contributed by atoms with E-state index in [2.05, 4.69) is 0 Å². The summed E-state index contributed by atoms with van der Waals surface area (Å²) in [6.07, 6.45) is 0. The van der Waals surface area contributed by atoms with Crippen LogP contribution in [0.5, 0.6) is 5.75 Å². The number of halogens is 1. The van der Waals surface area contributed by atoms with Crippen LogP contribution in [0.1, 0.15) is 19.4 Å². The molecule has 0 saturated carbocycles. The van der Waals surface area contributed by atoms with Crippen LogP contribution in [0.25, 0.3) is 0 Å². The van der Waals surface area contributed by atoms with Gasteiger partial charge in [0.2, 0.25) is 0 Å². The lowest BCUT2D eigenvalue weighted by Gasteiger charge is -2.24. The van der Waals surface area contributed by atoms with Gasteiger partial charge in [-0.2, -0.15) is 0 Å². The molecule has 78 valence electrons. The highest BCUT2D eigenvalue weighted by Gasteiger charge is 2.24. The maximum absolute atomic E-state index is 13.8. The van der Waals surface area contributed by atoms with Crippen LogP contribution in [0.15, 0.2) is 18.2 Å². The van der Waals surface area contributed by atoms with Gasteiger partial charge in [0.05, 0.1) is 7.11 Å². The van der Waals surface area contributed by atoms with E-state index in [1.807, 2.05) is 13.8 Å². The topological polar surface area (TPSA) is 35.2 Å². The van der Waals surface area contributed by atoms with E-state index >= 15 is 0 Å². The van der Waals surface area contributed by atoms with E-state index in [9.17, 15) is 4.39 Å². The molecule has 0 aliphatic carbocycles. The molecule has 1 aromatic carbocycles. The van der Waals surface area contributed by atoms with Crippen molar-refractivity contribution in [3.63, 3.8) is 0 Å². The summed E-state index contributed by atoms with van der Waals surface area (Å²) in [6, 6.07) is 5.12. The normalized spacial score (nSPS) is 11.5. The van der Waals surface area contributed by atoms with Crippen molar-refractivity contribution in [2.75, 3.05) is 13.7 Å². The third-order valence-electron chi connectivity index (χ3n) is 2.42. The molecule has 2 N–H and O–H groups in total. The van der Waals surface area contributed by atoms with Gasteiger partial charge in [-0.25, -0.2) is 4.39 Å². The first kappa shape index (κ1) is 11.0. The number of hydrogen-bond acceptors (Lipinski definition) is 2. The van der Waals surface area contributed by atoms with Crippen LogP contribution >= 0.6 is 0 Å². The predicted molar refractivity (Wildman–Crippen MR) is 55.0 cm³/mol. The fourth-order valence-corrected chi connectivity index (χ4v) is 1.30. The van der Waals surface area contributed by atoms with E-state index in [-0.39, 0.29) is 17.0 Å². The summed E-state index contributed by atoms with van der Waals surface area (Å²) in [5.74, 6) is -0.0468. The third kappa shape index (κ3) is 1.87. The number of methoxy groups -OCH3 is 1. The molecule has 0 spiro atoms. The van der Waals surface area contributed by atoms with Crippen molar-refractivity contribution in [2.24, 2.45) is 5.73 Å². The zero-order chi connectivity index (χ0) is 10.8. The van der Waals surface area contributed by atoms with E-state index < -0.39 is 0 Å². The third-order valence-corrected chi connectivity index (χ3v) is 2.42. The first-order chi connectivity index (χ1) is 6.53. The van der Waals surface area contributed by atoms with Gasteiger partial charge in [-0.05, 0) is 11.6 Å². The van der Waals surface area contributed by atoms with Crippen LogP contribution in [0.3, 0.4) is 0 Å². The van der Waals surface area contributed by atoms with Gasteiger partial charge in [-0.1, -0.05) is 26.0 Å². The molecule has 0 fully saturated rings. The average molecular weight is 197 g/mol. The Morgan fingerprint density at radius 2 is 2.07 bits per heavy atom. The monoisotopic (exact) mass is 197 g/mol. The summed E-state index contributed by atoms with van der Waals surface area (Å²) in [7, 11) is 1.46. The van der Waals surface area contributed by atoms with E-state index in [0.29, 0.717) is 12.1 Å². The Morgan fingerprint density at radius 3 is 2.57 bits per heavy atom. The Kier molecular flexibility index (Phi) is 3.11. The first-order valence-corrected chi connectivity index (χ1v) is 4.56. The summed E-state index contributed by atoms with van der Waals surface area (Å²) in [6.45, 7) is 4.22.